The molecule has 0 aliphatic carbocycles. The predicted octanol–water partition coefficient (Wildman–Crippen LogP) is 1.85. The SMILES string of the molecule is COc1c(NC2CCCN(C(=O)OC(C)(C)C)C2)ncnc1-n1nc(Nc2ccc(S(N)(=O)=O)cc2)nc1N. The second-order valence-corrected chi connectivity index (χ2v) is 11.5. The maximum atomic E-state index is 12.6. The lowest BCUT2D eigenvalue weighted by Crippen LogP contribution is -2.47. The van der Waals surface area contributed by atoms with Gasteiger partial charge in [-0.3, -0.25) is 0 Å². The summed E-state index contributed by atoms with van der Waals surface area (Å²) in [6.45, 7) is 6.53. The zero-order valence-corrected chi connectivity index (χ0v) is 22.9. The molecule has 1 fully saturated rings. The van der Waals surface area contributed by atoms with Gasteiger partial charge in [0.1, 0.15) is 11.9 Å². The first-order valence-corrected chi connectivity index (χ1v) is 13.6. The van der Waals surface area contributed by atoms with Gasteiger partial charge in [0.15, 0.2) is 5.82 Å². The van der Waals surface area contributed by atoms with Crippen LogP contribution in [-0.4, -0.2) is 76.0 Å². The smallest absolute Gasteiger partial charge is 0.410 e. The topological polar surface area (TPSA) is 205 Å². The number of nitrogens with two attached hydrogens (primary N) is 2. The minimum Gasteiger partial charge on any atom is -0.490 e. The monoisotopic (exact) mass is 560 g/mol. The molecule has 0 saturated carbocycles. The highest BCUT2D eigenvalue weighted by molar-refractivity contribution is 7.89. The number of primary sulfonamides is 1. The molecule has 2 aromatic heterocycles. The molecular formula is C23H32N10O5S. The first kappa shape index (κ1) is 27.8. The summed E-state index contributed by atoms with van der Waals surface area (Å²) in [5.74, 6) is 1.10. The van der Waals surface area contributed by atoms with Crippen molar-refractivity contribution in [2.75, 3.05) is 36.6 Å². The van der Waals surface area contributed by atoms with Gasteiger partial charge in [0.2, 0.25) is 33.5 Å². The second kappa shape index (κ2) is 10.9. The number of nitrogens with one attached hydrogen (secondary N) is 2. The standard InChI is InChI=1S/C23H32N10O5S/c1-23(2,3)38-22(34)32-11-5-6-15(12-32)28-18-17(37-4)19(27-13-26-18)33-20(24)30-21(31-33)29-14-7-9-16(10-8-14)39(25,35)36/h7-10,13,15H,5-6,11-12H2,1-4H3,(H2,25,35,36)(H,26,27,28)(H3,24,29,30,31). The van der Waals surface area contributed by atoms with E-state index in [0.29, 0.717) is 24.6 Å². The molecule has 0 bridgehead atoms. The number of carbonyl (C=O) groups is 1. The van der Waals surface area contributed by atoms with Crippen molar-refractivity contribution in [2.45, 2.75) is 50.2 Å². The van der Waals surface area contributed by atoms with Crippen LogP contribution in [0.1, 0.15) is 33.6 Å². The minimum absolute atomic E-state index is 0.0235. The number of hydrogen-bond acceptors (Lipinski definition) is 12. The summed E-state index contributed by atoms with van der Waals surface area (Å²) in [6, 6.07) is 5.66. The van der Waals surface area contributed by atoms with Gasteiger partial charge in [-0.15, -0.1) is 5.10 Å². The summed E-state index contributed by atoms with van der Waals surface area (Å²) in [7, 11) is -2.34. The van der Waals surface area contributed by atoms with Crippen molar-refractivity contribution in [1.29, 1.82) is 0 Å². The van der Waals surface area contributed by atoms with Gasteiger partial charge >= 0.3 is 6.09 Å². The van der Waals surface area contributed by atoms with Gasteiger partial charge in [-0.05, 0) is 57.9 Å². The van der Waals surface area contributed by atoms with Crippen LogP contribution in [0, 0.1) is 0 Å². The first-order valence-electron chi connectivity index (χ1n) is 12.1. The Morgan fingerprint density at radius 2 is 1.90 bits per heavy atom. The van der Waals surface area contributed by atoms with E-state index in [-0.39, 0.29) is 40.5 Å². The number of sulfonamides is 1. The lowest BCUT2D eigenvalue weighted by Gasteiger charge is -2.34. The number of aromatic nitrogens is 5. The fraction of sp³-hybridized carbons (Fsp3) is 0.435. The lowest BCUT2D eigenvalue weighted by molar-refractivity contribution is 0.0206. The third-order valence-electron chi connectivity index (χ3n) is 5.67. The number of anilines is 4. The maximum Gasteiger partial charge on any atom is 0.410 e. The second-order valence-electron chi connectivity index (χ2n) is 9.89. The average molecular weight is 561 g/mol. The zero-order valence-electron chi connectivity index (χ0n) is 22.1. The number of hydrogen-bond donors (Lipinski definition) is 4. The molecular weight excluding hydrogens is 528 g/mol. The van der Waals surface area contributed by atoms with E-state index in [1.165, 1.54) is 42.4 Å². The number of ether oxygens (including phenoxy) is 2. The first-order chi connectivity index (χ1) is 18.3. The van der Waals surface area contributed by atoms with Crippen LogP contribution in [0.2, 0.25) is 0 Å². The summed E-state index contributed by atoms with van der Waals surface area (Å²) in [6.07, 6.45) is 2.58. The third-order valence-corrected chi connectivity index (χ3v) is 6.60. The lowest BCUT2D eigenvalue weighted by atomic mass is 10.1. The summed E-state index contributed by atoms with van der Waals surface area (Å²) in [5.41, 5.74) is 6.06. The summed E-state index contributed by atoms with van der Waals surface area (Å²) in [5, 5.41) is 15.8. The fourth-order valence-electron chi connectivity index (χ4n) is 3.98. The Morgan fingerprint density at radius 1 is 1.18 bits per heavy atom. The number of piperidine rings is 1. The highest BCUT2D eigenvalue weighted by atomic mass is 32.2. The van der Waals surface area contributed by atoms with Crippen LogP contribution in [0.4, 0.5) is 28.2 Å². The molecule has 39 heavy (non-hydrogen) atoms. The molecule has 6 N–H and O–H groups in total. The van der Waals surface area contributed by atoms with E-state index in [4.69, 9.17) is 20.3 Å². The highest BCUT2D eigenvalue weighted by Gasteiger charge is 2.29. The summed E-state index contributed by atoms with van der Waals surface area (Å²) in [4.78, 5) is 27.0. The largest absolute Gasteiger partial charge is 0.490 e. The number of amides is 1. The molecule has 1 unspecified atom stereocenters. The van der Waals surface area contributed by atoms with Crippen LogP contribution >= 0.6 is 0 Å². The van der Waals surface area contributed by atoms with Crippen LogP contribution in [0.15, 0.2) is 35.5 Å². The molecule has 4 rings (SSSR count). The van der Waals surface area contributed by atoms with E-state index < -0.39 is 15.6 Å². The predicted molar refractivity (Wildman–Crippen MR) is 143 cm³/mol. The molecule has 210 valence electrons. The van der Waals surface area contributed by atoms with E-state index in [9.17, 15) is 13.2 Å². The van der Waals surface area contributed by atoms with Crippen molar-refractivity contribution in [2.24, 2.45) is 5.14 Å². The van der Waals surface area contributed by atoms with E-state index in [2.05, 4.69) is 30.7 Å². The van der Waals surface area contributed by atoms with E-state index in [1.807, 2.05) is 20.8 Å². The Bertz CT molecular complexity index is 1440. The van der Waals surface area contributed by atoms with Crippen molar-refractivity contribution in [3.8, 4) is 11.6 Å². The molecule has 1 aliphatic heterocycles. The van der Waals surface area contributed by atoms with Crippen LogP contribution in [-0.2, 0) is 14.8 Å². The van der Waals surface area contributed by atoms with E-state index in [0.717, 1.165) is 12.8 Å². The molecule has 0 radical (unpaired) electrons. The molecule has 0 spiro atoms. The highest BCUT2D eigenvalue weighted by Crippen LogP contribution is 2.31. The molecule has 1 aliphatic rings. The third kappa shape index (κ3) is 6.83. The van der Waals surface area contributed by atoms with Crippen LogP contribution in [0.5, 0.6) is 5.75 Å². The minimum atomic E-state index is -3.81. The number of benzene rings is 1. The number of rotatable bonds is 7. The Kier molecular flexibility index (Phi) is 7.78. The number of likely N-dealkylation sites (tertiary alicyclic amines) is 1. The Morgan fingerprint density at radius 3 is 2.54 bits per heavy atom. The molecule has 1 atom stereocenters. The van der Waals surface area contributed by atoms with Crippen LogP contribution in [0.3, 0.4) is 0 Å². The molecule has 3 aromatic rings. The van der Waals surface area contributed by atoms with Gasteiger partial charge < -0.3 is 30.7 Å². The number of methoxy groups -OCH3 is 1. The maximum absolute atomic E-state index is 12.6. The van der Waals surface area contributed by atoms with E-state index >= 15 is 0 Å². The molecule has 3 heterocycles. The Balaban J connectivity index is 1.52. The van der Waals surface area contributed by atoms with Crippen molar-refractivity contribution in [3.05, 3.63) is 30.6 Å². The average Bonchev–Trinajstić information content (AvgIpc) is 3.22. The molecule has 15 nitrogen and oxygen atoms in total. The zero-order chi connectivity index (χ0) is 28.4. The van der Waals surface area contributed by atoms with Crippen molar-refractivity contribution in [1.82, 2.24) is 29.6 Å². The molecule has 16 heteroatoms. The van der Waals surface area contributed by atoms with Gasteiger partial charge in [-0.25, -0.2) is 28.3 Å². The molecule has 1 amide bonds. The van der Waals surface area contributed by atoms with Crippen LogP contribution in [0.25, 0.3) is 5.82 Å². The quantitative estimate of drug-likeness (QED) is 0.327. The molecule has 1 saturated heterocycles. The number of carbonyl (C=O) groups excluding carboxylic acids is 1. The number of nitrogens with zero attached hydrogens (tertiary/aromatic N) is 6. The normalized spacial score (nSPS) is 16.0. The van der Waals surface area contributed by atoms with Crippen molar-refractivity contribution in [3.63, 3.8) is 0 Å². The molecule has 1 aromatic carbocycles. The number of nitrogen functional groups attached to an aromatic ring is 1. The van der Waals surface area contributed by atoms with Gasteiger partial charge in [0.25, 0.3) is 0 Å². The van der Waals surface area contributed by atoms with Gasteiger partial charge in [0.05, 0.1) is 12.0 Å². The van der Waals surface area contributed by atoms with Crippen molar-refractivity contribution >= 4 is 39.5 Å². The fourth-order valence-corrected chi connectivity index (χ4v) is 4.49. The van der Waals surface area contributed by atoms with Gasteiger partial charge in [-0.2, -0.15) is 9.67 Å². The summed E-state index contributed by atoms with van der Waals surface area (Å²) < 4.78 is 35.4. The van der Waals surface area contributed by atoms with Crippen LogP contribution < -0.4 is 26.2 Å². The Hall–Kier alpha value is -4.18. The van der Waals surface area contributed by atoms with E-state index in [1.54, 1.807) is 4.90 Å². The summed E-state index contributed by atoms with van der Waals surface area (Å²) >= 11 is 0. The Labute approximate surface area is 226 Å². The van der Waals surface area contributed by atoms with Crippen molar-refractivity contribution < 1.29 is 22.7 Å². The van der Waals surface area contributed by atoms with Gasteiger partial charge in [-0.1, -0.05) is 0 Å². The van der Waals surface area contributed by atoms with Gasteiger partial charge in [0, 0.05) is 24.8 Å².